The van der Waals surface area contributed by atoms with Crippen LogP contribution in [0.4, 0.5) is 11.4 Å². The monoisotopic (exact) mass is 310 g/mol. The number of carbonyl (C=O) groups excluding carboxylic acids is 1. The minimum absolute atomic E-state index is 0.0314. The van der Waals surface area contributed by atoms with E-state index in [0.29, 0.717) is 12.5 Å². The first kappa shape index (κ1) is 15.8. The predicted molar refractivity (Wildman–Crippen MR) is 85.6 cm³/mol. The van der Waals surface area contributed by atoms with Crippen LogP contribution in [0.3, 0.4) is 0 Å². The molecule has 1 heterocycles. The van der Waals surface area contributed by atoms with Crippen molar-refractivity contribution in [1.82, 2.24) is 0 Å². The van der Waals surface area contributed by atoms with Gasteiger partial charge in [-0.05, 0) is 18.1 Å². The number of carbonyl (C=O) groups is 1. The number of fused-ring (bicyclic) bond motifs is 1. The molecule has 0 bridgehead atoms. The molecule has 5 nitrogen and oxygen atoms in total. The third kappa shape index (κ3) is 3.97. The molecule has 2 rings (SSSR count). The molecule has 0 radical (unpaired) electrons. The number of rotatable bonds is 3. The summed E-state index contributed by atoms with van der Waals surface area (Å²) < 4.78 is 22.5. The summed E-state index contributed by atoms with van der Waals surface area (Å²) >= 11 is 0. The Kier molecular flexibility index (Phi) is 4.56. The molecule has 1 aliphatic heterocycles. The van der Waals surface area contributed by atoms with Gasteiger partial charge in [-0.25, -0.2) is 8.42 Å². The molecule has 0 aromatic heterocycles. The van der Waals surface area contributed by atoms with Gasteiger partial charge < -0.3 is 9.80 Å². The molecule has 0 fully saturated rings. The largest absolute Gasteiger partial charge is 0.373 e. The summed E-state index contributed by atoms with van der Waals surface area (Å²) in [6, 6.07) is 7.76. The number of sulfone groups is 1. The Hall–Kier alpha value is -1.56. The average molecular weight is 310 g/mol. The number of anilines is 2. The van der Waals surface area contributed by atoms with Crippen LogP contribution in [0.2, 0.25) is 0 Å². The molecule has 1 amide bonds. The summed E-state index contributed by atoms with van der Waals surface area (Å²) in [6.45, 7) is 3.58. The molecule has 1 atom stereocenters. The normalized spacial score (nSPS) is 19.1. The van der Waals surface area contributed by atoms with E-state index in [-0.39, 0.29) is 18.1 Å². The van der Waals surface area contributed by atoms with Gasteiger partial charge in [-0.15, -0.1) is 0 Å². The van der Waals surface area contributed by atoms with Gasteiger partial charge in [0.2, 0.25) is 5.91 Å². The maximum atomic E-state index is 12.5. The molecule has 0 aliphatic carbocycles. The topological polar surface area (TPSA) is 57.7 Å². The van der Waals surface area contributed by atoms with E-state index < -0.39 is 9.84 Å². The fourth-order valence-corrected chi connectivity index (χ4v) is 3.24. The molecule has 21 heavy (non-hydrogen) atoms. The number of para-hydroxylation sites is 2. The summed E-state index contributed by atoms with van der Waals surface area (Å²) in [5, 5.41) is 0. The number of benzene rings is 1. The Labute approximate surface area is 126 Å². The van der Waals surface area contributed by atoms with Crippen LogP contribution in [0, 0.1) is 5.92 Å². The minimum atomic E-state index is -3.13. The lowest BCUT2D eigenvalue weighted by molar-refractivity contribution is -0.118. The number of amides is 1. The summed E-state index contributed by atoms with van der Waals surface area (Å²) in [4.78, 5) is 16.3. The van der Waals surface area contributed by atoms with Crippen LogP contribution in [0.5, 0.6) is 0 Å². The molecular weight excluding hydrogens is 288 g/mol. The molecule has 0 saturated heterocycles. The molecule has 116 valence electrons. The van der Waals surface area contributed by atoms with Crippen molar-refractivity contribution in [1.29, 1.82) is 0 Å². The number of hydrogen-bond acceptors (Lipinski definition) is 4. The van der Waals surface area contributed by atoms with Gasteiger partial charge in [0.15, 0.2) is 0 Å². The highest BCUT2D eigenvalue weighted by Crippen LogP contribution is 2.32. The zero-order chi connectivity index (χ0) is 15.6. The van der Waals surface area contributed by atoms with Crippen molar-refractivity contribution in [3.8, 4) is 0 Å². The second-order valence-electron chi connectivity index (χ2n) is 5.86. The Morgan fingerprint density at radius 3 is 2.48 bits per heavy atom. The maximum absolute atomic E-state index is 12.5. The van der Waals surface area contributed by atoms with Crippen molar-refractivity contribution in [3.05, 3.63) is 24.3 Å². The van der Waals surface area contributed by atoms with E-state index in [4.69, 9.17) is 0 Å². The third-order valence-corrected chi connectivity index (χ3v) is 4.60. The van der Waals surface area contributed by atoms with Crippen molar-refractivity contribution < 1.29 is 13.2 Å². The second-order valence-corrected chi connectivity index (χ2v) is 8.12. The lowest BCUT2D eigenvalue weighted by Crippen LogP contribution is -2.35. The third-order valence-electron chi connectivity index (χ3n) is 3.65. The SMILES string of the molecule is C[C@H]1CN(C)c2ccccc2N(C(=O)CCS(C)(=O)=O)C1. The summed E-state index contributed by atoms with van der Waals surface area (Å²) in [5.41, 5.74) is 1.87. The Morgan fingerprint density at radius 1 is 1.24 bits per heavy atom. The molecule has 0 N–H and O–H groups in total. The van der Waals surface area contributed by atoms with Crippen molar-refractivity contribution >= 4 is 27.1 Å². The average Bonchev–Trinajstić information content (AvgIpc) is 2.53. The fourth-order valence-electron chi connectivity index (χ4n) is 2.69. The Balaban J connectivity index is 2.28. The first-order valence-electron chi connectivity index (χ1n) is 7.06. The number of nitrogens with zero attached hydrogens (tertiary/aromatic N) is 2. The van der Waals surface area contributed by atoms with Crippen LogP contribution in [-0.2, 0) is 14.6 Å². The van der Waals surface area contributed by atoms with Crippen molar-refractivity contribution in [2.75, 3.05) is 41.9 Å². The van der Waals surface area contributed by atoms with Crippen LogP contribution >= 0.6 is 0 Å². The minimum Gasteiger partial charge on any atom is -0.373 e. The van der Waals surface area contributed by atoms with Crippen molar-refractivity contribution in [2.45, 2.75) is 13.3 Å². The summed E-state index contributed by atoms with van der Waals surface area (Å²) in [5.74, 6) is 0.0916. The standard InChI is InChI=1S/C15H22N2O3S/c1-12-10-16(2)13-6-4-5-7-14(13)17(11-12)15(18)8-9-21(3,19)20/h4-7,12H,8-11H2,1-3H3/t12-/m0/s1. The van der Waals surface area contributed by atoms with Crippen molar-refractivity contribution in [3.63, 3.8) is 0 Å². The van der Waals surface area contributed by atoms with E-state index in [9.17, 15) is 13.2 Å². The van der Waals surface area contributed by atoms with Gasteiger partial charge in [-0.1, -0.05) is 19.1 Å². The lowest BCUT2D eigenvalue weighted by atomic mass is 10.1. The first-order chi connectivity index (χ1) is 9.78. The molecule has 0 spiro atoms. The van der Waals surface area contributed by atoms with Crippen LogP contribution in [0.1, 0.15) is 13.3 Å². The zero-order valence-electron chi connectivity index (χ0n) is 12.7. The van der Waals surface area contributed by atoms with Crippen LogP contribution in [0.15, 0.2) is 24.3 Å². The Morgan fingerprint density at radius 2 is 1.86 bits per heavy atom. The van der Waals surface area contributed by atoms with E-state index >= 15 is 0 Å². The predicted octanol–water partition coefficient (Wildman–Crippen LogP) is 1.54. The van der Waals surface area contributed by atoms with Gasteiger partial charge in [-0.2, -0.15) is 0 Å². The highest BCUT2D eigenvalue weighted by Gasteiger charge is 2.26. The van der Waals surface area contributed by atoms with E-state index in [1.54, 1.807) is 4.90 Å². The van der Waals surface area contributed by atoms with Crippen LogP contribution < -0.4 is 9.80 Å². The van der Waals surface area contributed by atoms with Gasteiger partial charge in [0.25, 0.3) is 0 Å². The maximum Gasteiger partial charge on any atom is 0.228 e. The number of hydrogen-bond donors (Lipinski definition) is 0. The van der Waals surface area contributed by atoms with E-state index in [1.165, 1.54) is 0 Å². The molecule has 1 aromatic rings. The van der Waals surface area contributed by atoms with Gasteiger partial charge in [-0.3, -0.25) is 4.79 Å². The first-order valence-corrected chi connectivity index (χ1v) is 9.12. The summed E-state index contributed by atoms with van der Waals surface area (Å²) in [6.07, 6.45) is 1.19. The highest BCUT2D eigenvalue weighted by atomic mass is 32.2. The van der Waals surface area contributed by atoms with Gasteiger partial charge >= 0.3 is 0 Å². The van der Waals surface area contributed by atoms with Gasteiger partial charge in [0.1, 0.15) is 9.84 Å². The van der Waals surface area contributed by atoms with Gasteiger partial charge in [0.05, 0.1) is 17.1 Å². The smallest absolute Gasteiger partial charge is 0.228 e. The van der Waals surface area contributed by atoms with Crippen LogP contribution in [-0.4, -0.2) is 46.5 Å². The highest BCUT2D eigenvalue weighted by molar-refractivity contribution is 7.90. The Bertz CT molecular complexity index is 628. The van der Waals surface area contributed by atoms with Crippen molar-refractivity contribution in [2.24, 2.45) is 5.92 Å². The lowest BCUT2D eigenvalue weighted by Gasteiger charge is -2.24. The quantitative estimate of drug-likeness (QED) is 0.850. The molecule has 1 aromatic carbocycles. The molecule has 1 aliphatic rings. The summed E-state index contributed by atoms with van der Waals surface area (Å²) in [7, 11) is -1.11. The van der Waals surface area contributed by atoms with E-state index in [2.05, 4.69) is 11.8 Å². The molecule has 0 unspecified atom stereocenters. The van der Waals surface area contributed by atoms with Gasteiger partial charge in [0, 0.05) is 32.8 Å². The fraction of sp³-hybridized carbons (Fsp3) is 0.533. The van der Waals surface area contributed by atoms with E-state index in [0.717, 1.165) is 24.2 Å². The van der Waals surface area contributed by atoms with Crippen LogP contribution in [0.25, 0.3) is 0 Å². The zero-order valence-corrected chi connectivity index (χ0v) is 13.6. The van der Waals surface area contributed by atoms with E-state index in [1.807, 2.05) is 31.3 Å². The molecule has 0 saturated carbocycles. The molecular formula is C15H22N2O3S. The second kappa shape index (κ2) is 6.05. The molecule has 6 heteroatoms.